The van der Waals surface area contributed by atoms with Crippen molar-refractivity contribution in [2.24, 2.45) is 17.2 Å². The third-order valence-corrected chi connectivity index (χ3v) is 6.35. The van der Waals surface area contributed by atoms with Gasteiger partial charge in [0.1, 0.15) is 17.5 Å². The lowest BCUT2D eigenvalue weighted by atomic mass is 9.95. The molecular formula is C25H24ClF2N5S. The van der Waals surface area contributed by atoms with Crippen molar-refractivity contribution in [1.82, 2.24) is 9.55 Å². The molecule has 176 valence electrons. The molecule has 0 aliphatic rings. The van der Waals surface area contributed by atoms with Crippen LogP contribution in [0.1, 0.15) is 16.8 Å². The van der Waals surface area contributed by atoms with Crippen molar-refractivity contribution in [3.8, 4) is 11.1 Å². The number of fused-ring (bicyclic) bond motifs is 1. The Labute approximate surface area is 206 Å². The Balaban J connectivity index is 1.88. The molecule has 2 aromatic carbocycles. The van der Waals surface area contributed by atoms with Gasteiger partial charge in [-0.1, -0.05) is 17.7 Å². The normalized spacial score (nSPS) is 11.9. The number of nitrogens with two attached hydrogens (primary N) is 1. The fourth-order valence-corrected chi connectivity index (χ4v) is 4.66. The van der Waals surface area contributed by atoms with Gasteiger partial charge in [-0.05, 0) is 60.7 Å². The van der Waals surface area contributed by atoms with Crippen molar-refractivity contribution >= 4 is 46.1 Å². The van der Waals surface area contributed by atoms with Crippen molar-refractivity contribution in [2.45, 2.75) is 12.8 Å². The Kier molecular flexibility index (Phi) is 7.09. The molecule has 4 aromatic rings. The van der Waals surface area contributed by atoms with Crippen LogP contribution in [0.15, 0.2) is 53.1 Å². The number of benzene rings is 2. The van der Waals surface area contributed by atoms with Crippen LogP contribution < -0.4 is 11.1 Å². The first kappa shape index (κ1) is 24.0. The standard InChI is InChI=1S/C25H24ClF2N5S/c1-30-24-17(5-6-19(26)23(24)25(29)32-34-3)18-13-22-21(8-9-33(22)2)31-20(18)7-4-14-10-15(27)12-16(28)11-14/h5-6,8-13,30H,4,7H2,1-3H3,(H2,29,32). The number of nitrogens with one attached hydrogen (secondary N) is 1. The SMILES string of the molecule is CNc1c(-c2cc3c(ccn3C)nc2CCc2cc(F)cc(F)c2)ccc(Cl)c1/C(N)=N/SC. The summed E-state index contributed by atoms with van der Waals surface area (Å²) in [5.41, 5.74) is 12.5. The summed E-state index contributed by atoms with van der Waals surface area (Å²) in [6.07, 6.45) is 4.68. The highest BCUT2D eigenvalue weighted by molar-refractivity contribution is 7.97. The Morgan fingerprint density at radius 3 is 2.53 bits per heavy atom. The number of hydrogen-bond donors (Lipinski definition) is 2. The van der Waals surface area contributed by atoms with E-state index in [2.05, 4.69) is 15.8 Å². The number of aromatic nitrogens is 2. The summed E-state index contributed by atoms with van der Waals surface area (Å²) in [4.78, 5) is 4.91. The minimum absolute atomic E-state index is 0.313. The lowest BCUT2D eigenvalue weighted by Crippen LogP contribution is -2.16. The molecule has 0 aliphatic carbocycles. The van der Waals surface area contributed by atoms with Gasteiger partial charge in [-0.2, -0.15) is 4.40 Å². The molecule has 4 rings (SSSR count). The van der Waals surface area contributed by atoms with E-state index in [4.69, 9.17) is 22.3 Å². The molecule has 0 atom stereocenters. The average Bonchev–Trinajstić information content (AvgIpc) is 3.16. The first-order chi connectivity index (χ1) is 16.3. The number of halogens is 3. The predicted molar refractivity (Wildman–Crippen MR) is 139 cm³/mol. The maximum atomic E-state index is 13.7. The van der Waals surface area contributed by atoms with Gasteiger partial charge in [0.15, 0.2) is 0 Å². The summed E-state index contributed by atoms with van der Waals surface area (Å²) in [6, 6.07) is 11.3. The Bertz CT molecular complexity index is 1380. The highest BCUT2D eigenvalue weighted by atomic mass is 35.5. The molecule has 2 aromatic heterocycles. The van der Waals surface area contributed by atoms with Gasteiger partial charge < -0.3 is 15.6 Å². The van der Waals surface area contributed by atoms with Gasteiger partial charge in [0.25, 0.3) is 0 Å². The minimum Gasteiger partial charge on any atom is -0.387 e. The molecule has 2 heterocycles. The van der Waals surface area contributed by atoms with E-state index in [1.165, 1.54) is 24.1 Å². The smallest absolute Gasteiger partial charge is 0.142 e. The Morgan fingerprint density at radius 1 is 1.12 bits per heavy atom. The second-order valence-electron chi connectivity index (χ2n) is 7.85. The molecule has 0 saturated heterocycles. The first-order valence-corrected chi connectivity index (χ1v) is 12.2. The second-order valence-corrected chi connectivity index (χ2v) is 8.80. The number of rotatable bonds is 7. The summed E-state index contributed by atoms with van der Waals surface area (Å²) >= 11 is 7.76. The van der Waals surface area contributed by atoms with Crippen LogP contribution in [0.3, 0.4) is 0 Å². The summed E-state index contributed by atoms with van der Waals surface area (Å²) in [5, 5.41) is 3.71. The number of hydrogen-bond acceptors (Lipinski definition) is 4. The van der Waals surface area contributed by atoms with E-state index in [0.29, 0.717) is 34.8 Å². The quantitative estimate of drug-likeness (QED) is 0.186. The molecule has 3 N–H and O–H groups in total. The van der Waals surface area contributed by atoms with Gasteiger partial charge in [0.2, 0.25) is 0 Å². The zero-order chi connectivity index (χ0) is 24.4. The highest BCUT2D eigenvalue weighted by Gasteiger charge is 2.20. The predicted octanol–water partition coefficient (Wildman–Crippen LogP) is 5.98. The molecule has 0 spiro atoms. The number of anilines is 1. The van der Waals surface area contributed by atoms with Crippen molar-refractivity contribution in [3.63, 3.8) is 0 Å². The molecule has 9 heteroatoms. The van der Waals surface area contributed by atoms with Crippen molar-refractivity contribution < 1.29 is 8.78 Å². The molecular weight excluding hydrogens is 476 g/mol. The lowest BCUT2D eigenvalue weighted by molar-refractivity contribution is 0.579. The van der Waals surface area contributed by atoms with Gasteiger partial charge in [0.05, 0.1) is 27.3 Å². The van der Waals surface area contributed by atoms with Crippen LogP contribution in [0.2, 0.25) is 5.02 Å². The summed E-state index contributed by atoms with van der Waals surface area (Å²) in [7, 11) is 3.76. The van der Waals surface area contributed by atoms with E-state index in [0.717, 1.165) is 39.6 Å². The first-order valence-electron chi connectivity index (χ1n) is 10.6. The van der Waals surface area contributed by atoms with E-state index >= 15 is 0 Å². The fourth-order valence-electron chi connectivity index (χ4n) is 4.12. The van der Waals surface area contributed by atoms with Crippen LogP contribution in [-0.4, -0.2) is 28.7 Å². The molecule has 5 nitrogen and oxygen atoms in total. The van der Waals surface area contributed by atoms with E-state index < -0.39 is 11.6 Å². The zero-order valence-electron chi connectivity index (χ0n) is 19.0. The minimum atomic E-state index is -0.593. The molecule has 0 aliphatic heterocycles. The molecule has 0 amide bonds. The van der Waals surface area contributed by atoms with Crippen molar-refractivity contribution in [2.75, 3.05) is 18.6 Å². The van der Waals surface area contributed by atoms with Gasteiger partial charge in [-0.3, -0.25) is 4.98 Å². The third-order valence-electron chi connectivity index (χ3n) is 5.66. The van der Waals surface area contributed by atoms with Gasteiger partial charge in [0, 0.05) is 49.4 Å². The van der Waals surface area contributed by atoms with Crippen LogP contribution in [0, 0.1) is 11.6 Å². The molecule has 0 fully saturated rings. The van der Waals surface area contributed by atoms with Crippen LogP contribution in [0.5, 0.6) is 0 Å². The van der Waals surface area contributed by atoms with E-state index in [1.54, 1.807) is 13.1 Å². The largest absolute Gasteiger partial charge is 0.387 e. The maximum Gasteiger partial charge on any atom is 0.142 e. The summed E-state index contributed by atoms with van der Waals surface area (Å²) in [5.74, 6) is -0.872. The van der Waals surface area contributed by atoms with Crippen LogP contribution in [-0.2, 0) is 19.9 Å². The van der Waals surface area contributed by atoms with Crippen LogP contribution >= 0.6 is 23.5 Å². The van der Waals surface area contributed by atoms with Crippen molar-refractivity contribution in [1.29, 1.82) is 0 Å². The second kappa shape index (κ2) is 10.0. The van der Waals surface area contributed by atoms with Gasteiger partial charge in [-0.25, -0.2) is 8.78 Å². The number of amidine groups is 1. The van der Waals surface area contributed by atoms with Gasteiger partial charge >= 0.3 is 0 Å². The van der Waals surface area contributed by atoms with E-state index in [1.807, 2.05) is 36.2 Å². The molecule has 34 heavy (non-hydrogen) atoms. The number of aryl methyl sites for hydroxylation is 3. The van der Waals surface area contributed by atoms with Crippen LogP contribution in [0.4, 0.5) is 14.5 Å². The summed E-state index contributed by atoms with van der Waals surface area (Å²) < 4.78 is 33.7. The monoisotopic (exact) mass is 499 g/mol. The Morgan fingerprint density at radius 2 is 1.85 bits per heavy atom. The number of pyridine rings is 1. The molecule has 0 unspecified atom stereocenters. The Hall–Kier alpha value is -3.10. The molecule has 0 radical (unpaired) electrons. The topological polar surface area (TPSA) is 68.2 Å². The lowest BCUT2D eigenvalue weighted by Gasteiger charge is -2.18. The third kappa shape index (κ3) is 4.74. The van der Waals surface area contributed by atoms with Crippen molar-refractivity contribution in [3.05, 3.63) is 82.1 Å². The number of nitrogens with zero attached hydrogens (tertiary/aromatic N) is 3. The highest BCUT2D eigenvalue weighted by Crippen LogP contribution is 2.38. The van der Waals surface area contributed by atoms with E-state index in [9.17, 15) is 8.78 Å². The summed E-state index contributed by atoms with van der Waals surface area (Å²) in [6.45, 7) is 0. The maximum absolute atomic E-state index is 13.7. The van der Waals surface area contributed by atoms with Gasteiger partial charge in [-0.15, -0.1) is 0 Å². The van der Waals surface area contributed by atoms with Crippen LogP contribution in [0.25, 0.3) is 22.2 Å². The zero-order valence-corrected chi connectivity index (χ0v) is 20.6. The van der Waals surface area contributed by atoms with E-state index in [-0.39, 0.29) is 0 Å². The fraction of sp³-hybridized carbons (Fsp3) is 0.200. The molecule has 0 saturated carbocycles. The average molecular weight is 500 g/mol. The molecule has 0 bridgehead atoms.